The molecular formula is C12H14O3. The van der Waals surface area contributed by atoms with E-state index in [0.717, 1.165) is 11.8 Å². The summed E-state index contributed by atoms with van der Waals surface area (Å²) in [5.74, 6) is 0.663. The van der Waals surface area contributed by atoms with Crippen molar-refractivity contribution >= 4 is 12.4 Å². The molecule has 0 aliphatic heterocycles. The molecule has 1 aromatic carbocycles. The molecule has 0 aliphatic carbocycles. The molecule has 0 saturated carbocycles. The molecule has 1 rings (SSSR count). The molecule has 15 heavy (non-hydrogen) atoms. The van der Waals surface area contributed by atoms with Gasteiger partial charge in [0.15, 0.2) is 6.29 Å². The van der Waals surface area contributed by atoms with Crippen molar-refractivity contribution in [3.8, 4) is 5.75 Å². The normalized spacial score (nSPS) is 10.5. The van der Waals surface area contributed by atoms with Crippen molar-refractivity contribution in [2.75, 3.05) is 13.7 Å². The van der Waals surface area contributed by atoms with E-state index >= 15 is 0 Å². The van der Waals surface area contributed by atoms with Crippen molar-refractivity contribution < 1.29 is 14.6 Å². The first-order chi connectivity index (χ1) is 7.31. The first-order valence-electron chi connectivity index (χ1n) is 4.72. The predicted molar refractivity (Wildman–Crippen MR) is 59.1 cm³/mol. The van der Waals surface area contributed by atoms with Gasteiger partial charge in [-0.05, 0) is 24.1 Å². The highest BCUT2D eigenvalue weighted by Crippen LogP contribution is 2.17. The highest BCUT2D eigenvalue weighted by atomic mass is 16.5. The number of rotatable bonds is 5. The van der Waals surface area contributed by atoms with Gasteiger partial charge in [0.25, 0.3) is 0 Å². The molecule has 0 aromatic heterocycles. The number of aliphatic hydroxyl groups excluding tert-OH is 1. The van der Waals surface area contributed by atoms with E-state index in [4.69, 9.17) is 9.84 Å². The van der Waals surface area contributed by atoms with Crippen molar-refractivity contribution in [2.24, 2.45) is 0 Å². The highest BCUT2D eigenvalue weighted by molar-refractivity contribution is 5.82. The molecule has 1 N–H and O–H groups in total. The molecule has 3 heteroatoms. The Morgan fingerprint density at radius 2 is 2.20 bits per heavy atom. The summed E-state index contributed by atoms with van der Waals surface area (Å²) < 4.78 is 5.01. The Balaban J connectivity index is 2.92. The topological polar surface area (TPSA) is 46.5 Å². The molecule has 0 amide bonds. The van der Waals surface area contributed by atoms with Crippen molar-refractivity contribution in [1.82, 2.24) is 0 Å². The summed E-state index contributed by atoms with van der Waals surface area (Å²) in [5, 5.41) is 8.61. The molecule has 80 valence electrons. The quantitative estimate of drug-likeness (QED) is 0.748. The number of benzene rings is 1. The van der Waals surface area contributed by atoms with E-state index < -0.39 is 0 Å². The van der Waals surface area contributed by atoms with Crippen LogP contribution in [-0.4, -0.2) is 25.1 Å². The fourth-order valence-electron chi connectivity index (χ4n) is 1.22. The van der Waals surface area contributed by atoms with Gasteiger partial charge in [-0.15, -0.1) is 0 Å². The molecule has 0 aliphatic rings. The number of hydrogen-bond acceptors (Lipinski definition) is 3. The largest absolute Gasteiger partial charge is 0.497 e. The van der Waals surface area contributed by atoms with Crippen LogP contribution in [0.5, 0.6) is 5.75 Å². The van der Waals surface area contributed by atoms with E-state index in [-0.39, 0.29) is 6.61 Å². The lowest BCUT2D eigenvalue weighted by Gasteiger charge is -2.03. The fourth-order valence-corrected chi connectivity index (χ4v) is 1.22. The summed E-state index contributed by atoms with van der Waals surface area (Å²) in [7, 11) is 1.56. The van der Waals surface area contributed by atoms with Crippen LogP contribution in [-0.2, 0) is 0 Å². The Bertz CT molecular complexity index is 356. The zero-order chi connectivity index (χ0) is 11.1. The van der Waals surface area contributed by atoms with Crippen LogP contribution in [0.25, 0.3) is 6.08 Å². The average Bonchev–Trinajstić information content (AvgIpc) is 2.29. The first-order valence-corrected chi connectivity index (χ1v) is 4.72. The summed E-state index contributed by atoms with van der Waals surface area (Å²) in [6.07, 6.45) is 5.03. The van der Waals surface area contributed by atoms with Crippen LogP contribution in [0.2, 0.25) is 0 Å². The van der Waals surface area contributed by atoms with Gasteiger partial charge in [-0.25, -0.2) is 0 Å². The van der Waals surface area contributed by atoms with E-state index in [0.29, 0.717) is 17.7 Å². The van der Waals surface area contributed by atoms with Gasteiger partial charge in [0.1, 0.15) is 5.75 Å². The van der Waals surface area contributed by atoms with E-state index in [1.807, 2.05) is 18.2 Å². The number of carbonyl (C=O) groups is 1. The number of ether oxygens (including phenoxy) is 1. The molecule has 3 nitrogen and oxygen atoms in total. The van der Waals surface area contributed by atoms with Crippen LogP contribution in [0.15, 0.2) is 24.3 Å². The van der Waals surface area contributed by atoms with Gasteiger partial charge in [-0.1, -0.05) is 18.2 Å². The second-order valence-electron chi connectivity index (χ2n) is 3.03. The molecule has 0 atom stereocenters. The maximum atomic E-state index is 10.8. The van der Waals surface area contributed by atoms with E-state index in [1.165, 1.54) is 0 Å². The van der Waals surface area contributed by atoms with Crippen molar-refractivity contribution in [2.45, 2.75) is 6.42 Å². The van der Waals surface area contributed by atoms with Gasteiger partial charge >= 0.3 is 0 Å². The third kappa shape index (κ3) is 3.22. The number of aldehydes is 1. The summed E-state index contributed by atoms with van der Waals surface area (Å²) in [6, 6.07) is 5.30. The van der Waals surface area contributed by atoms with E-state index in [9.17, 15) is 4.79 Å². The minimum absolute atomic E-state index is 0.114. The van der Waals surface area contributed by atoms with Crippen molar-refractivity contribution in [3.63, 3.8) is 0 Å². The predicted octanol–water partition coefficient (Wildman–Crippen LogP) is 1.90. The number of methoxy groups -OCH3 is 1. The molecule has 0 bridgehead atoms. The van der Waals surface area contributed by atoms with Crippen LogP contribution in [0.1, 0.15) is 22.3 Å². The highest BCUT2D eigenvalue weighted by Gasteiger charge is 2.00. The van der Waals surface area contributed by atoms with Gasteiger partial charge in [-0.2, -0.15) is 0 Å². The van der Waals surface area contributed by atoms with Crippen molar-refractivity contribution in [1.29, 1.82) is 0 Å². The maximum Gasteiger partial charge on any atom is 0.150 e. The second-order valence-corrected chi connectivity index (χ2v) is 3.03. The second kappa shape index (κ2) is 5.98. The molecule has 1 aromatic rings. The summed E-state index contributed by atoms with van der Waals surface area (Å²) in [5.41, 5.74) is 1.42. The summed E-state index contributed by atoms with van der Waals surface area (Å²) in [4.78, 5) is 10.8. The van der Waals surface area contributed by atoms with Gasteiger partial charge < -0.3 is 9.84 Å². The molecule has 0 radical (unpaired) electrons. The third-order valence-corrected chi connectivity index (χ3v) is 2.01. The molecule has 0 fully saturated rings. The molecular weight excluding hydrogens is 192 g/mol. The zero-order valence-electron chi connectivity index (χ0n) is 8.64. The molecule has 0 unspecified atom stereocenters. The van der Waals surface area contributed by atoms with Crippen LogP contribution >= 0.6 is 0 Å². The van der Waals surface area contributed by atoms with Gasteiger partial charge in [0.05, 0.1) is 7.11 Å². The minimum Gasteiger partial charge on any atom is -0.497 e. The van der Waals surface area contributed by atoms with Crippen LogP contribution in [0, 0.1) is 0 Å². The number of aliphatic hydroxyl groups is 1. The van der Waals surface area contributed by atoms with Crippen LogP contribution < -0.4 is 4.74 Å². The fraction of sp³-hybridized carbons (Fsp3) is 0.250. The Labute approximate surface area is 89.0 Å². The van der Waals surface area contributed by atoms with Gasteiger partial charge in [0, 0.05) is 12.2 Å². The maximum absolute atomic E-state index is 10.8. The summed E-state index contributed by atoms with van der Waals surface area (Å²) in [6.45, 7) is 0.114. The van der Waals surface area contributed by atoms with E-state index in [1.54, 1.807) is 19.2 Å². The Morgan fingerprint density at radius 1 is 1.40 bits per heavy atom. The Kier molecular flexibility index (Phi) is 4.57. The lowest BCUT2D eigenvalue weighted by atomic mass is 10.1. The minimum atomic E-state index is 0.114. The lowest BCUT2D eigenvalue weighted by Crippen LogP contribution is -1.89. The summed E-state index contributed by atoms with van der Waals surface area (Å²) >= 11 is 0. The van der Waals surface area contributed by atoms with Crippen LogP contribution in [0.3, 0.4) is 0 Å². The standard InChI is InChI=1S/C12H14O3/c1-15-12-6-5-10(4-2-3-7-13)11(8-12)9-14/h2,4-6,8-9,13H,3,7H2,1H3. The van der Waals surface area contributed by atoms with E-state index in [2.05, 4.69) is 0 Å². The zero-order valence-corrected chi connectivity index (χ0v) is 8.64. The Hall–Kier alpha value is -1.61. The average molecular weight is 206 g/mol. The molecule has 0 spiro atoms. The van der Waals surface area contributed by atoms with Crippen molar-refractivity contribution in [3.05, 3.63) is 35.4 Å². The number of hydrogen-bond donors (Lipinski definition) is 1. The third-order valence-electron chi connectivity index (χ3n) is 2.01. The monoisotopic (exact) mass is 206 g/mol. The van der Waals surface area contributed by atoms with Gasteiger partial charge in [0.2, 0.25) is 0 Å². The first kappa shape index (κ1) is 11.5. The van der Waals surface area contributed by atoms with Crippen LogP contribution in [0.4, 0.5) is 0 Å². The smallest absolute Gasteiger partial charge is 0.150 e. The molecule has 0 saturated heterocycles. The Morgan fingerprint density at radius 3 is 2.80 bits per heavy atom. The molecule has 0 heterocycles. The SMILES string of the molecule is COc1ccc(C=CCCO)c(C=O)c1. The number of carbonyl (C=O) groups excluding carboxylic acids is 1. The van der Waals surface area contributed by atoms with Gasteiger partial charge in [-0.3, -0.25) is 4.79 Å². The lowest BCUT2D eigenvalue weighted by molar-refractivity contribution is 0.112.